The Morgan fingerprint density at radius 3 is 2.29 bits per heavy atom. The van der Waals surface area contributed by atoms with Crippen molar-refractivity contribution in [3.8, 4) is 0 Å². The number of rotatable bonds is 4. The van der Waals surface area contributed by atoms with E-state index in [4.69, 9.17) is 4.74 Å². The summed E-state index contributed by atoms with van der Waals surface area (Å²) in [7, 11) is -3.40. The summed E-state index contributed by atoms with van der Waals surface area (Å²) in [4.78, 5) is 11.0. The molecule has 1 rings (SSSR count). The highest BCUT2D eigenvalue weighted by molar-refractivity contribution is 7.91. The van der Waals surface area contributed by atoms with Crippen LogP contribution in [-0.2, 0) is 19.4 Å². The molecule has 0 amide bonds. The fourth-order valence-corrected chi connectivity index (χ4v) is 2.90. The third kappa shape index (κ3) is 4.19. The Kier molecular flexibility index (Phi) is 4.28. The summed E-state index contributed by atoms with van der Waals surface area (Å²) in [5.41, 5.74) is 0.997. The van der Waals surface area contributed by atoms with E-state index < -0.39 is 21.9 Å². The first-order chi connectivity index (χ1) is 7.81. The van der Waals surface area contributed by atoms with Crippen LogP contribution in [0.5, 0.6) is 0 Å². The van der Waals surface area contributed by atoms with Crippen LogP contribution < -0.4 is 0 Å². The molecule has 0 fully saturated rings. The molecule has 4 nitrogen and oxygen atoms in total. The maximum absolute atomic E-state index is 11.9. The molecule has 0 N–H and O–H groups in total. The summed E-state index contributed by atoms with van der Waals surface area (Å²) in [5, 5.41) is 0. The number of carbonyl (C=O) groups excluding carboxylic acids is 1. The second kappa shape index (κ2) is 5.31. The van der Waals surface area contributed by atoms with Gasteiger partial charge < -0.3 is 4.74 Å². The van der Waals surface area contributed by atoms with Gasteiger partial charge in [-0.15, -0.1) is 0 Å². The Hall–Kier alpha value is -1.36. The van der Waals surface area contributed by atoms with Crippen LogP contribution in [0.4, 0.5) is 0 Å². The molecule has 5 heteroatoms. The second-order valence-electron chi connectivity index (χ2n) is 4.01. The number of hydrogen-bond acceptors (Lipinski definition) is 4. The van der Waals surface area contributed by atoms with Crippen molar-refractivity contribution in [2.45, 2.75) is 31.8 Å². The third-order valence-corrected chi connectivity index (χ3v) is 4.10. The summed E-state index contributed by atoms with van der Waals surface area (Å²) in [5.74, 6) is -0.674. The quantitative estimate of drug-likeness (QED) is 0.770. The molecule has 0 spiro atoms. The summed E-state index contributed by atoms with van der Waals surface area (Å²) in [6.45, 7) is 4.71. The lowest BCUT2D eigenvalue weighted by molar-refractivity contribution is -0.144. The van der Waals surface area contributed by atoms with Crippen molar-refractivity contribution in [1.29, 1.82) is 0 Å². The molecule has 0 saturated heterocycles. The van der Waals surface area contributed by atoms with Gasteiger partial charge in [-0.2, -0.15) is 0 Å². The van der Waals surface area contributed by atoms with E-state index in [0.717, 1.165) is 5.56 Å². The highest BCUT2D eigenvalue weighted by Crippen LogP contribution is 2.14. The maximum atomic E-state index is 11.9. The Bertz CT molecular complexity index is 488. The molecule has 1 aromatic carbocycles. The Labute approximate surface area is 102 Å². The molecule has 0 aliphatic heterocycles. The number of ether oxygens (including phenoxy) is 1. The van der Waals surface area contributed by atoms with Crippen LogP contribution in [0.15, 0.2) is 29.2 Å². The number of sulfone groups is 1. The van der Waals surface area contributed by atoms with E-state index >= 15 is 0 Å². The molecule has 94 valence electrons. The molecular formula is C12H16O4S. The van der Waals surface area contributed by atoms with Crippen molar-refractivity contribution in [3.05, 3.63) is 29.8 Å². The van der Waals surface area contributed by atoms with Crippen LogP contribution in [-0.4, -0.2) is 26.2 Å². The number of carbonyl (C=O) groups is 1. The number of hydrogen-bond donors (Lipinski definition) is 0. The number of aryl methyl sites for hydroxylation is 1. The normalized spacial score (nSPS) is 13.1. The summed E-state index contributed by atoms with van der Waals surface area (Å²) in [6, 6.07) is 6.60. The predicted molar refractivity (Wildman–Crippen MR) is 64.5 cm³/mol. The van der Waals surface area contributed by atoms with Gasteiger partial charge in [-0.25, -0.2) is 8.42 Å². The fraction of sp³-hybridized carbons (Fsp3) is 0.417. The number of esters is 1. The van der Waals surface area contributed by atoms with E-state index in [1.165, 1.54) is 6.92 Å². The zero-order valence-electron chi connectivity index (χ0n) is 10.1. The van der Waals surface area contributed by atoms with Crippen molar-refractivity contribution in [1.82, 2.24) is 0 Å². The van der Waals surface area contributed by atoms with Gasteiger partial charge in [0, 0.05) is 6.92 Å². The zero-order valence-corrected chi connectivity index (χ0v) is 11.0. The molecule has 0 saturated carbocycles. The molecule has 1 atom stereocenters. The molecule has 17 heavy (non-hydrogen) atoms. The molecule has 0 bridgehead atoms. The summed E-state index contributed by atoms with van der Waals surface area (Å²) in [6.07, 6.45) is -0.640. The SMILES string of the molecule is CC(=O)O[C@H](C)CS(=O)(=O)c1ccc(C)cc1. The minimum absolute atomic E-state index is 0.199. The van der Waals surface area contributed by atoms with Crippen molar-refractivity contribution in [2.75, 3.05) is 5.75 Å². The van der Waals surface area contributed by atoms with Crippen LogP contribution in [0.25, 0.3) is 0 Å². The lowest BCUT2D eigenvalue weighted by Gasteiger charge is -2.12. The molecular weight excluding hydrogens is 240 g/mol. The van der Waals surface area contributed by atoms with Crippen molar-refractivity contribution in [3.63, 3.8) is 0 Å². The highest BCUT2D eigenvalue weighted by atomic mass is 32.2. The fourth-order valence-electron chi connectivity index (χ4n) is 1.47. The van der Waals surface area contributed by atoms with Crippen molar-refractivity contribution >= 4 is 15.8 Å². The van der Waals surface area contributed by atoms with Gasteiger partial charge in [-0.05, 0) is 26.0 Å². The molecule has 0 radical (unpaired) electrons. The monoisotopic (exact) mass is 256 g/mol. The average molecular weight is 256 g/mol. The first-order valence-electron chi connectivity index (χ1n) is 5.28. The van der Waals surface area contributed by atoms with Crippen molar-refractivity contribution in [2.24, 2.45) is 0 Å². The van der Waals surface area contributed by atoms with Gasteiger partial charge in [0.25, 0.3) is 0 Å². The van der Waals surface area contributed by atoms with Gasteiger partial charge in [-0.3, -0.25) is 4.79 Å². The summed E-state index contributed by atoms with van der Waals surface area (Å²) >= 11 is 0. The van der Waals surface area contributed by atoms with Gasteiger partial charge in [0.1, 0.15) is 6.10 Å². The molecule has 0 aliphatic rings. The van der Waals surface area contributed by atoms with E-state index in [1.54, 1.807) is 31.2 Å². The van der Waals surface area contributed by atoms with Gasteiger partial charge >= 0.3 is 5.97 Å². The van der Waals surface area contributed by atoms with Gasteiger partial charge in [0.05, 0.1) is 10.6 Å². The molecule has 0 unspecified atom stereocenters. The Morgan fingerprint density at radius 2 is 1.82 bits per heavy atom. The number of benzene rings is 1. The maximum Gasteiger partial charge on any atom is 0.302 e. The van der Waals surface area contributed by atoms with E-state index in [2.05, 4.69) is 0 Å². The van der Waals surface area contributed by atoms with E-state index in [-0.39, 0.29) is 10.6 Å². The standard InChI is InChI=1S/C12H16O4S/c1-9-4-6-12(7-5-9)17(14,15)8-10(2)16-11(3)13/h4-7,10H,8H2,1-3H3/t10-/m1/s1. The van der Waals surface area contributed by atoms with Crippen LogP contribution in [0, 0.1) is 6.92 Å². The van der Waals surface area contributed by atoms with Gasteiger partial charge in [-0.1, -0.05) is 17.7 Å². The van der Waals surface area contributed by atoms with Gasteiger partial charge in [0.15, 0.2) is 9.84 Å². The first-order valence-corrected chi connectivity index (χ1v) is 6.93. The predicted octanol–water partition coefficient (Wildman–Crippen LogP) is 1.72. The molecule has 0 aromatic heterocycles. The topological polar surface area (TPSA) is 60.4 Å². The van der Waals surface area contributed by atoms with E-state index in [9.17, 15) is 13.2 Å². The zero-order chi connectivity index (χ0) is 13.1. The molecule has 0 heterocycles. The van der Waals surface area contributed by atoms with E-state index in [1.807, 2.05) is 6.92 Å². The molecule has 1 aromatic rings. The van der Waals surface area contributed by atoms with Crippen LogP contribution in [0.3, 0.4) is 0 Å². The van der Waals surface area contributed by atoms with Gasteiger partial charge in [0.2, 0.25) is 0 Å². The Balaban J connectivity index is 2.82. The minimum Gasteiger partial charge on any atom is -0.462 e. The minimum atomic E-state index is -3.40. The highest BCUT2D eigenvalue weighted by Gasteiger charge is 2.19. The van der Waals surface area contributed by atoms with Crippen LogP contribution in [0.2, 0.25) is 0 Å². The Morgan fingerprint density at radius 1 is 1.29 bits per heavy atom. The first kappa shape index (κ1) is 13.7. The largest absolute Gasteiger partial charge is 0.462 e. The second-order valence-corrected chi connectivity index (χ2v) is 6.05. The molecule has 0 aliphatic carbocycles. The van der Waals surface area contributed by atoms with Crippen molar-refractivity contribution < 1.29 is 17.9 Å². The lowest BCUT2D eigenvalue weighted by atomic mass is 10.2. The smallest absolute Gasteiger partial charge is 0.302 e. The summed E-state index contributed by atoms with van der Waals surface area (Å²) < 4.78 is 28.7. The third-order valence-electron chi connectivity index (χ3n) is 2.20. The lowest BCUT2D eigenvalue weighted by Crippen LogP contribution is -2.23. The van der Waals surface area contributed by atoms with E-state index in [0.29, 0.717) is 0 Å². The average Bonchev–Trinajstić information content (AvgIpc) is 2.15. The van der Waals surface area contributed by atoms with Crippen LogP contribution in [0.1, 0.15) is 19.4 Å². The van der Waals surface area contributed by atoms with Crippen LogP contribution >= 0.6 is 0 Å².